The van der Waals surface area contributed by atoms with Crippen LogP contribution < -0.4 is 15.5 Å². The Morgan fingerprint density at radius 3 is 2.69 bits per heavy atom. The Morgan fingerprint density at radius 2 is 1.83 bits per heavy atom. The molecular weight excluding hydrogens is 448 g/mol. The van der Waals surface area contributed by atoms with Gasteiger partial charge in [0.05, 0.1) is 0 Å². The lowest BCUT2D eigenvalue weighted by atomic mass is 9.86. The van der Waals surface area contributed by atoms with Crippen molar-refractivity contribution in [2.75, 3.05) is 28.6 Å². The lowest BCUT2D eigenvalue weighted by Gasteiger charge is -2.24. The largest absolute Gasteiger partial charge is 0.356 e. The van der Waals surface area contributed by atoms with E-state index in [0.29, 0.717) is 17.3 Å². The highest BCUT2D eigenvalue weighted by Gasteiger charge is 2.40. The van der Waals surface area contributed by atoms with Crippen molar-refractivity contribution in [3.63, 3.8) is 0 Å². The average Bonchev–Trinajstić information content (AvgIpc) is 3.61. The van der Waals surface area contributed by atoms with E-state index in [1.807, 2.05) is 41.1 Å². The molecule has 0 bridgehead atoms. The third-order valence-electron chi connectivity index (χ3n) is 7.47. The number of imidazole rings is 1. The molecule has 8 nitrogen and oxygen atoms in total. The first-order valence-corrected chi connectivity index (χ1v) is 13.1. The van der Waals surface area contributed by atoms with Crippen molar-refractivity contribution in [1.82, 2.24) is 24.3 Å². The Kier molecular flexibility index (Phi) is 5.95. The number of anilines is 5. The van der Waals surface area contributed by atoms with E-state index in [1.54, 1.807) is 6.20 Å². The molecule has 4 aromatic rings. The smallest absolute Gasteiger partial charge is 0.232 e. The minimum absolute atomic E-state index is 0.463. The normalized spacial score (nSPS) is 16.9. The van der Waals surface area contributed by atoms with Gasteiger partial charge in [0.1, 0.15) is 23.1 Å². The summed E-state index contributed by atoms with van der Waals surface area (Å²) in [7, 11) is 0. The molecule has 0 unspecified atom stereocenters. The lowest BCUT2D eigenvalue weighted by Crippen LogP contribution is -2.26. The molecule has 0 atom stereocenters. The van der Waals surface area contributed by atoms with Gasteiger partial charge in [-0.05, 0) is 55.2 Å². The Morgan fingerprint density at radius 1 is 0.944 bits per heavy atom. The molecule has 1 aliphatic carbocycles. The van der Waals surface area contributed by atoms with E-state index in [4.69, 9.17) is 15.0 Å². The highest BCUT2D eigenvalue weighted by atomic mass is 15.3. The summed E-state index contributed by atoms with van der Waals surface area (Å²) in [5, 5.41) is 6.86. The molecule has 0 aromatic carbocycles. The molecule has 1 saturated carbocycles. The van der Waals surface area contributed by atoms with Gasteiger partial charge in [-0.3, -0.25) is 0 Å². The molecule has 1 saturated heterocycles. The maximum atomic E-state index is 4.95. The van der Waals surface area contributed by atoms with E-state index >= 15 is 0 Å². The Bertz CT molecular complexity index is 1350. The van der Waals surface area contributed by atoms with Crippen molar-refractivity contribution >= 4 is 34.7 Å². The summed E-state index contributed by atoms with van der Waals surface area (Å²) in [6.45, 7) is 6.53. The zero-order valence-corrected chi connectivity index (χ0v) is 21.1. The molecule has 8 heteroatoms. The van der Waals surface area contributed by atoms with Crippen LogP contribution >= 0.6 is 0 Å². The second kappa shape index (κ2) is 9.41. The Labute approximate surface area is 212 Å². The minimum atomic E-state index is 0.463. The van der Waals surface area contributed by atoms with Crippen molar-refractivity contribution in [3.8, 4) is 0 Å². The Balaban J connectivity index is 1.30. The number of pyridine rings is 2. The van der Waals surface area contributed by atoms with Crippen molar-refractivity contribution in [1.29, 1.82) is 0 Å². The number of aromatic nitrogens is 5. The van der Waals surface area contributed by atoms with Crippen LogP contribution in [0.15, 0.2) is 55.0 Å². The topological polar surface area (TPSA) is 83.3 Å². The van der Waals surface area contributed by atoms with Gasteiger partial charge in [-0.25, -0.2) is 9.97 Å². The molecule has 2 N–H and O–H groups in total. The highest BCUT2D eigenvalue weighted by Crippen LogP contribution is 2.46. The van der Waals surface area contributed by atoms with E-state index in [9.17, 15) is 0 Å². The third-order valence-corrected chi connectivity index (χ3v) is 7.47. The molecule has 36 heavy (non-hydrogen) atoms. The fourth-order valence-corrected chi connectivity index (χ4v) is 5.71. The summed E-state index contributed by atoms with van der Waals surface area (Å²) in [5.41, 5.74) is 3.36. The number of fused-ring (bicyclic) bond motifs is 1. The van der Waals surface area contributed by atoms with Crippen molar-refractivity contribution in [3.05, 3.63) is 60.7 Å². The monoisotopic (exact) mass is 482 g/mol. The van der Waals surface area contributed by atoms with Gasteiger partial charge in [0.15, 0.2) is 0 Å². The van der Waals surface area contributed by atoms with Crippen molar-refractivity contribution in [2.45, 2.75) is 52.4 Å². The van der Waals surface area contributed by atoms with E-state index in [-0.39, 0.29) is 0 Å². The molecule has 0 amide bonds. The van der Waals surface area contributed by atoms with Gasteiger partial charge in [-0.15, -0.1) is 0 Å². The van der Waals surface area contributed by atoms with Gasteiger partial charge in [0.25, 0.3) is 0 Å². The molecule has 2 aliphatic rings. The summed E-state index contributed by atoms with van der Waals surface area (Å²) in [5.74, 6) is 3.58. The molecule has 6 rings (SSSR count). The van der Waals surface area contributed by atoms with Crippen molar-refractivity contribution in [2.24, 2.45) is 11.3 Å². The van der Waals surface area contributed by atoms with E-state index in [0.717, 1.165) is 54.0 Å². The molecule has 2 fully saturated rings. The molecule has 5 heterocycles. The number of hydrogen-bond acceptors (Lipinski definition) is 7. The summed E-state index contributed by atoms with van der Waals surface area (Å²) >= 11 is 0. The van der Waals surface area contributed by atoms with Crippen LogP contribution in [0.2, 0.25) is 0 Å². The molecule has 4 aromatic heterocycles. The van der Waals surface area contributed by atoms with E-state index < -0.39 is 0 Å². The number of hydrogen-bond donors (Lipinski definition) is 2. The zero-order chi connectivity index (χ0) is 24.5. The van der Waals surface area contributed by atoms with Crippen LogP contribution in [-0.2, 0) is 6.42 Å². The number of nitrogens with one attached hydrogen (secondary N) is 2. The van der Waals surface area contributed by atoms with Crippen molar-refractivity contribution < 1.29 is 0 Å². The first-order valence-electron chi connectivity index (χ1n) is 13.1. The predicted molar refractivity (Wildman–Crippen MR) is 144 cm³/mol. The number of nitrogens with zero attached hydrogens (tertiary/aromatic N) is 6. The third kappa shape index (κ3) is 4.85. The predicted octanol–water partition coefficient (Wildman–Crippen LogP) is 5.98. The maximum absolute atomic E-state index is 4.95. The quantitative estimate of drug-likeness (QED) is 0.335. The Hall–Kier alpha value is -3.68. The highest BCUT2D eigenvalue weighted by molar-refractivity contribution is 5.66. The van der Waals surface area contributed by atoms with Crippen LogP contribution in [0.1, 0.15) is 51.6 Å². The van der Waals surface area contributed by atoms with Gasteiger partial charge >= 0.3 is 0 Å². The van der Waals surface area contributed by atoms with Crippen LogP contribution in [0.25, 0.3) is 5.65 Å². The van der Waals surface area contributed by atoms with Gasteiger partial charge in [0, 0.05) is 55.2 Å². The second-order valence-electron chi connectivity index (χ2n) is 10.8. The average molecular weight is 483 g/mol. The molecular formula is C28H34N8. The zero-order valence-electron chi connectivity index (χ0n) is 21.1. The minimum Gasteiger partial charge on any atom is -0.356 e. The first-order chi connectivity index (χ1) is 17.5. The van der Waals surface area contributed by atoms with Crippen LogP contribution in [0, 0.1) is 11.3 Å². The van der Waals surface area contributed by atoms with Crippen LogP contribution in [0.3, 0.4) is 0 Å². The first kappa shape index (κ1) is 22.8. The van der Waals surface area contributed by atoms with Crippen LogP contribution in [-0.4, -0.2) is 37.4 Å². The standard InChI is InChI=1S/C28H34N8/c1-20(2)16-21-6-5-7-23(30-21)32-27-33-24(31-22-8-13-35-15-12-29-25(35)17-22)18-26(34-27)36-14-11-28(19-36)9-3-4-10-28/h5-8,12-13,15,17-18,20H,3-4,9-11,14,16,19H2,1-2H3,(H2,30,31,32,33,34). The summed E-state index contributed by atoms with van der Waals surface area (Å²) in [6.07, 6.45) is 13.3. The van der Waals surface area contributed by atoms with E-state index in [1.165, 1.54) is 32.1 Å². The molecule has 1 aliphatic heterocycles. The van der Waals surface area contributed by atoms with Gasteiger partial charge in [0.2, 0.25) is 5.95 Å². The maximum Gasteiger partial charge on any atom is 0.232 e. The summed E-state index contributed by atoms with van der Waals surface area (Å²) < 4.78 is 1.99. The molecule has 186 valence electrons. The second-order valence-corrected chi connectivity index (χ2v) is 10.8. The summed E-state index contributed by atoms with van der Waals surface area (Å²) in [4.78, 5) is 21.4. The van der Waals surface area contributed by atoms with Crippen LogP contribution in [0.4, 0.5) is 29.1 Å². The molecule has 1 spiro atoms. The van der Waals surface area contributed by atoms with Gasteiger partial charge in [-0.1, -0.05) is 32.8 Å². The van der Waals surface area contributed by atoms with Gasteiger partial charge in [-0.2, -0.15) is 9.97 Å². The fraction of sp³-hybridized carbons (Fsp3) is 0.429. The molecule has 0 radical (unpaired) electrons. The fourth-order valence-electron chi connectivity index (χ4n) is 5.71. The number of rotatable bonds is 7. The van der Waals surface area contributed by atoms with E-state index in [2.05, 4.69) is 46.5 Å². The van der Waals surface area contributed by atoms with Crippen LogP contribution in [0.5, 0.6) is 0 Å². The lowest BCUT2D eigenvalue weighted by molar-refractivity contribution is 0.340. The summed E-state index contributed by atoms with van der Waals surface area (Å²) in [6, 6.07) is 12.2. The van der Waals surface area contributed by atoms with Gasteiger partial charge < -0.3 is 19.9 Å². The SMILES string of the molecule is CC(C)Cc1cccc(Nc2nc(Nc3ccn4ccnc4c3)cc(N3CCC4(CCCC4)C3)n2)n1.